The lowest BCUT2D eigenvalue weighted by molar-refractivity contribution is -0.113. The first kappa shape index (κ1) is 21.6. The Morgan fingerprint density at radius 2 is 1.77 bits per heavy atom. The van der Waals surface area contributed by atoms with Gasteiger partial charge in [0.25, 0.3) is 5.91 Å². The van der Waals surface area contributed by atoms with Crippen LogP contribution in [0.4, 0.5) is 5.69 Å². The van der Waals surface area contributed by atoms with E-state index in [2.05, 4.69) is 16.0 Å². The topological polar surface area (TPSA) is 71.6 Å². The molecule has 6 nitrogen and oxygen atoms in total. The number of thiocarbonyl (C=S) groups is 1. The van der Waals surface area contributed by atoms with Gasteiger partial charge in [0.1, 0.15) is 0 Å². The molecule has 0 saturated carbocycles. The number of allylic oxidation sites excluding steroid dienone is 1. The summed E-state index contributed by atoms with van der Waals surface area (Å²) in [5.41, 5.74) is 3.91. The second-order valence-electron chi connectivity index (χ2n) is 6.91. The van der Waals surface area contributed by atoms with E-state index in [9.17, 15) is 4.79 Å². The van der Waals surface area contributed by atoms with Crippen molar-refractivity contribution < 1.29 is 14.3 Å². The smallest absolute Gasteiger partial charge is 0.255 e. The monoisotopic (exact) mass is 425 g/mol. The van der Waals surface area contributed by atoms with Gasteiger partial charge in [0, 0.05) is 11.4 Å². The van der Waals surface area contributed by atoms with E-state index >= 15 is 0 Å². The maximum Gasteiger partial charge on any atom is 0.255 e. The van der Waals surface area contributed by atoms with Crippen LogP contribution < -0.4 is 25.4 Å². The van der Waals surface area contributed by atoms with Crippen molar-refractivity contribution in [1.29, 1.82) is 0 Å². The number of hydrogen-bond acceptors (Lipinski definition) is 4. The Kier molecular flexibility index (Phi) is 6.95. The lowest BCUT2D eigenvalue weighted by Crippen LogP contribution is -2.45. The number of ether oxygens (including phenoxy) is 2. The number of hydrogen-bond donors (Lipinski definition) is 3. The highest BCUT2D eigenvalue weighted by atomic mass is 32.1. The third kappa shape index (κ3) is 4.74. The third-order valence-electron chi connectivity index (χ3n) is 4.81. The van der Waals surface area contributed by atoms with Gasteiger partial charge >= 0.3 is 0 Å². The van der Waals surface area contributed by atoms with Gasteiger partial charge in [0.05, 0.1) is 24.8 Å². The van der Waals surface area contributed by atoms with Crippen LogP contribution in [-0.4, -0.2) is 24.2 Å². The number of amides is 1. The molecular weight excluding hydrogens is 398 g/mol. The number of nitrogens with one attached hydrogen (secondary N) is 3. The standard InChI is InChI=1S/C23H27N3O3S/c1-5-28-18-12-11-16(13-19(18)29-6-2)21-20(15(4)24-23(30)26-21)22(27)25-17-10-8-7-9-14(17)3/h7-13,21H,5-6H2,1-4H3,(H,25,27)(H2,24,26,30). The Morgan fingerprint density at radius 3 is 2.47 bits per heavy atom. The number of carbonyl (C=O) groups is 1. The van der Waals surface area contributed by atoms with Crippen molar-refractivity contribution in [2.24, 2.45) is 0 Å². The Labute approximate surface area is 182 Å². The van der Waals surface area contributed by atoms with Crippen LogP contribution in [0, 0.1) is 6.92 Å². The average Bonchev–Trinajstić information content (AvgIpc) is 2.70. The maximum atomic E-state index is 13.3. The number of aryl methyl sites for hydroxylation is 1. The molecule has 2 aromatic carbocycles. The molecule has 0 bridgehead atoms. The minimum Gasteiger partial charge on any atom is -0.490 e. The second-order valence-corrected chi connectivity index (χ2v) is 7.32. The summed E-state index contributed by atoms with van der Waals surface area (Å²) in [5, 5.41) is 9.78. The predicted molar refractivity (Wildman–Crippen MR) is 123 cm³/mol. The molecule has 1 amide bonds. The molecule has 1 heterocycles. The SMILES string of the molecule is CCOc1ccc(C2NC(=S)NC(C)=C2C(=O)Nc2ccccc2C)cc1OCC. The fraction of sp³-hybridized carbons (Fsp3) is 0.304. The van der Waals surface area contributed by atoms with E-state index in [1.54, 1.807) is 0 Å². The van der Waals surface area contributed by atoms with Gasteiger partial charge in [-0.05, 0) is 69.2 Å². The second kappa shape index (κ2) is 9.63. The molecule has 0 radical (unpaired) electrons. The van der Waals surface area contributed by atoms with Gasteiger partial charge in [0.2, 0.25) is 0 Å². The Hall–Kier alpha value is -3.06. The lowest BCUT2D eigenvalue weighted by Gasteiger charge is -2.31. The fourth-order valence-corrected chi connectivity index (χ4v) is 3.67. The molecule has 0 saturated heterocycles. The Morgan fingerprint density at radius 1 is 1.07 bits per heavy atom. The van der Waals surface area contributed by atoms with Crippen LogP contribution in [0.15, 0.2) is 53.7 Å². The number of rotatable bonds is 7. The summed E-state index contributed by atoms with van der Waals surface area (Å²) >= 11 is 5.36. The van der Waals surface area contributed by atoms with Crippen molar-refractivity contribution in [3.63, 3.8) is 0 Å². The van der Waals surface area contributed by atoms with Gasteiger partial charge in [-0.15, -0.1) is 0 Å². The average molecular weight is 426 g/mol. The van der Waals surface area contributed by atoms with Crippen LogP contribution in [-0.2, 0) is 4.79 Å². The van der Waals surface area contributed by atoms with Crippen molar-refractivity contribution in [2.75, 3.05) is 18.5 Å². The summed E-state index contributed by atoms with van der Waals surface area (Å²) in [7, 11) is 0. The van der Waals surface area contributed by atoms with Gasteiger partial charge in [-0.1, -0.05) is 24.3 Å². The van der Waals surface area contributed by atoms with E-state index in [0.29, 0.717) is 41.1 Å². The van der Waals surface area contributed by atoms with Crippen molar-refractivity contribution in [3.8, 4) is 11.5 Å². The molecule has 0 fully saturated rings. The first-order valence-corrected chi connectivity index (χ1v) is 10.4. The summed E-state index contributed by atoms with van der Waals surface area (Å²) in [4.78, 5) is 13.3. The third-order valence-corrected chi connectivity index (χ3v) is 5.03. The molecule has 158 valence electrons. The van der Waals surface area contributed by atoms with Crippen molar-refractivity contribution in [2.45, 2.75) is 33.7 Å². The molecule has 1 aliphatic heterocycles. The van der Waals surface area contributed by atoms with Gasteiger partial charge in [-0.25, -0.2) is 0 Å². The summed E-state index contributed by atoms with van der Waals surface area (Å²) in [6.45, 7) is 8.71. The number of carbonyl (C=O) groups excluding carboxylic acids is 1. The lowest BCUT2D eigenvalue weighted by atomic mass is 9.94. The minimum atomic E-state index is -0.419. The Balaban J connectivity index is 1.98. The van der Waals surface area contributed by atoms with Crippen LogP contribution >= 0.6 is 12.2 Å². The first-order valence-electron chi connectivity index (χ1n) is 9.99. The molecule has 0 spiro atoms. The van der Waals surface area contributed by atoms with E-state index in [0.717, 1.165) is 16.8 Å². The van der Waals surface area contributed by atoms with Gasteiger partial charge in [-0.3, -0.25) is 4.79 Å². The highest BCUT2D eigenvalue weighted by molar-refractivity contribution is 7.80. The first-order chi connectivity index (χ1) is 14.4. The van der Waals surface area contributed by atoms with Crippen LogP contribution in [0.1, 0.15) is 37.9 Å². The van der Waals surface area contributed by atoms with Gasteiger partial charge < -0.3 is 25.4 Å². The number of para-hydroxylation sites is 1. The maximum absolute atomic E-state index is 13.3. The summed E-state index contributed by atoms with van der Waals surface area (Å²) in [6.07, 6.45) is 0. The molecule has 1 unspecified atom stereocenters. The zero-order chi connectivity index (χ0) is 21.7. The van der Waals surface area contributed by atoms with E-state index in [4.69, 9.17) is 21.7 Å². The zero-order valence-corrected chi connectivity index (χ0v) is 18.5. The summed E-state index contributed by atoms with van der Waals surface area (Å²) < 4.78 is 11.4. The molecule has 1 atom stereocenters. The minimum absolute atomic E-state index is 0.193. The van der Waals surface area contributed by atoms with Crippen molar-refractivity contribution in [1.82, 2.24) is 10.6 Å². The fourth-order valence-electron chi connectivity index (χ4n) is 3.39. The van der Waals surface area contributed by atoms with E-state index in [1.807, 2.05) is 70.2 Å². The molecule has 3 rings (SSSR count). The normalized spacial score (nSPS) is 15.9. The van der Waals surface area contributed by atoms with E-state index in [-0.39, 0.29) is 5.91 Å². The molecule has 1 aliphatic rings. The zero-order valence-electron chi connectivity index (χ0n) is 17.7. The van der Waals surface area contributed by atoms with Crippen LogP contribution in [0.3, 0.4) is 0 Å². The van der Waals surface area contributed by atoms with Crippen LogP contribution in [0.25, 0.3) is 0 Å². The number of anilines is 1. The molecular formula is C23H27N3O3S. The van der Waals surface area contributed by atoms with Crippen molar-refractivity contribution >= 4 is 28.9 Å². The predicted octanol–water partition coefficient (Wildman–Crippen LogP) is 4.22. The van der Waals surface area contributed by atoms with E-state index in [1.165, 1.54) is 0 Å². The molecule has 30 heavy (non-hydrogen) atoms. The van der Waals surface area contributed by atoms with Crippen LogP contribution in [0.5, 0.6) is 11.5 Å². The molecule has 0 aliphatic carbocycles. The molecule has 0 aromatic heterocycles. The molecule has 7 heteroatoms. The van der Waals surface area contributed by atoms with E-state index < -0.39 is 6.04 Å². The largest absolute Gasteiger partial charge is 0.490 e. The van der Waals surface area contributed by atoms with Gasteiger partial charge in [0.15, 0.2) is 16.6 Å². The Bertz CT molecular complexity index is 987. The van der Waals surface area contributed by atoms with Crippen LogP contribution in [0.2, 0.25) is 0 Å². The van der Waals surface area contributed by atoms with Gasteiger partial charge in [-0.2, -0.15) is 0 Å². The highest BCUT2D eigenvalue weighted by Gasteiger charge is 2.30. The summed E-state index contributed by atoms with van der Waals surface area (Å²) in [6, 6.07) is 12.9. The summed E-state index contributed by atoms with van der Waals surface area (Å²) in [5.74, 6) is 1.12. The highest BCUT2D eigenvalue weighted by Crippen LogP contribution is 2.35. The molecule has 2 aromatic rings. The number of benzene rings is 2. The van der Waals surface area contributed by atoms with Crippen molar-refractivity contribution in [3.05, 3.63) is 64.9 Å². The molecule has 3 N–H and O–H groups in total. The quantitative estimate of drug-likeness (QED) is 0.577.